The number of rotatable bonds is 8. The van der Waals surface area contributed by atoms with Crippen molar-refractivity contribution in [3.8, 4) is 0 Å². The van der Waals surface area contributed by atoms with E-state index in [4.69, 9.17) is 9.47 Å². The van der Waals surface area contributed by atoms with Crippen molar-refractivity contribution in [1.29, 1.82) is 0 Å². The molecule has 0 fully saturated rings. The minimum absolute atomic E-state index is 0.00385. The largest absolute Gasteiger partial charge is 0.465 e. The second kappa shape index (κ2) is 11.6. The van der Waals surface area contributed by atoms with Crippen LogP contribution in [0.5, 0.6) is 0 Å². The van der Waals surface area contributed by atoms with Gasteiger partial charge >= 0.3 is 5.97 Å². The van der Waals surface area contributed by atoms with E-state index in [9.17, 15) is 13.2 Å². The number of hydrogen-bond acceptors (Lipinski definition) is 5. The van der Waals surface area contributed by atoms with E-state index in [1.807, 2.05) is 57.2 Å². The van der Waals surface area contributed by atoms with E-state index >= 15 is 0 Å². The first-order valence-corrected chi connectivity index (χ1v) is 14.9. The molecule has 1 aliphatic rings. The van der Waals surface area contributed by atoms with Crippen LogP contribution in [0.1, 0.15) is 60.8 Å². The highest BCUT2D eigenvalue weighted by Gasteiger charge is 2.30. The quantitative estimate of drug-likeness (QED) is 0.341. The number of ether oxygens (including phenoxy) is 2. The fourth-order valence-electron chi connectivity index (χ4n) is 5.30. The Morgan fingerprint density at radius 1 is 1.10 bits per heavy atom. The highest BCUT2D eigenvalue weighted by Crippen LogP contribution is 2.37. The number of fused-ring (bicyclic) bond motifs is 1. The maximum absolute atomic E-state index is 13.5. The molecule has 0 atom stereocenters. The molecule has 0 spiro atoms. The summed E-state index contributed by atoms with van der Waals surface area (Å²) in [6.45, 7) is 11.8. The molecule has 3 aromatic rings. The highest BCUT2D eigenvalue weighted by atomic mass is 32.2. The summed E-state index contributed by atoms with van der Waals surface area (Å²) in [7, 11) is -2.15. The molecule has 0 N–H and O–H groups in total. The molecule has 0 saturated heterocycles. The summed E-state index contributed by atoms with van der Waals surface area (Å²) < 4.78 is 41.9. The molecule has 4 rings (SSSR count). The lowest BCUT2D eigenvalue weighted by atomic mass is 9.82. The molecule has 210 valence electrons. The van der Waals surface area contributed by atoms with Gasteiger partial charge in [-0.05, 0) is 68.4 Å². The Morgan fingerprint density at radius 2 is 1.79 bits per heavy atom. The van der Waals surface area contributed by atoms with Crippen LogP contribution in [0.2, 0.25) is 0 Å². The number of aryl methyl sites for hydroxylation is 1. The van der Waals surface area contributed by atoms with Gasteiger partial charge in [-0.25, -0.2) is 8.42 Å². The van der Waals surface area contributed by atoms with Crippen LogP contribution in [-0.2, 0) is 50.3 Å². The molecular weight excluding hydrogens is 512 g/mol. The Hall–Kier alpha value is -3.10. The van der Waals surface area contributed by atoms with Gasteiger partial charge in [0.2, 0.25) is 0 Å². The van der Waals surface area contributed by atoms with Crippen molar-refractivity contribution in [2.45, 2.75) is 71.9 Å². The molecule has 0 saturated carbocycles. The Bertz CT molecular complexity index is 1440. The number of anilines is 1. The summed E-state index contributed by atoms with van der Waals surface area (Å²) in [5.74, 6) is -0.268. The summed E-state index contributed by atoms with van der Waals surface area (Å²) >= 11 is 0. The number of sulfonamides is 1. The fraction of sp³-hybridized carbons (Fsp3) is 0.452. The first-order chi connectivity index (χ1) is 18.4. The average molecular weight is 553 g/mol. The number of para-hydroxylation sites is 1. The van der Waals surface area contributed by atoms with Gasteiger partial charge in [0, 0.05) is 37.0 Å². The van der Waals surface area contributed by atoms with Crippen LogP contribution in [0.3, 0.4) is 0 Å². The van der Waals surface area contributed by atoms with Crippen LogP contribution in [0.25, 0.3) is 0 Å². The number of hydrogen-bond donors (Lipinski definition) is 0. The van der Waals surface area contributed by atoms with E-state index in [1.165, 1.54) is 4.31 Å². The molecule has 0 bridgehead atoms. The molecule has 2 aromatic carbocycles. The van der Waals surface area contributed by atoms with E-state index in [1.54, 1.807) is 19.2 Å². The van der Waals surface area contributed by atoms with Crippen molar-refractivity contribution >= 4 is 21.7 Å². The van der Waals surface area contributed by atoms with Crippen molar-refractivity contribution < 1.29 is 22.7 Å². The van der Waals surface area contributed by atoms with Gasteiger partial charge in [-0.15, -0.1) is 0 Å². The number of nitrogens with zero attached hydrogens (tertiary/aromatic N) is 2. The molecule has 2 heterocycles. The van der Waals surface area contributed by atoms with Crippen LogP contribution >= 0.6 is 0 Å². The first kappa shape index (κ1) is 28.9. The van der Waals surface area contributed by atoms with E-state index in [-0.39, 0.29) is 22.8 Å². The SMILES string of the molecule is CCOC(=O)Cn1c(C)c(Cc2ccccc2N(C)S(=O)(=O)c2ccc(C)cc2)c2c1CC(C)(C)CCOC2. The standard InChI is InChI=1S/C31H40N2O5S/c1-7-38-30(34)20-33-23(3)26(27-21-37-17-16-31(4,5)19-29(27)33)18-24-10-8-9-11-28(24)32(6)39(35,36)25-14-12-22(2)13-15-25/h8-15H,7,16-21H2,1-6H3. The van der Waals surface area contributed by atoms with E-state index in [2.05, 4.69) is 18.4 Å². The third kappa shape index (κ3) is 6.23. The molecule has 1 aliphatic heterocycles. The van der Waals surface area contributed by atoms with Gasteiger partial charge in [0.1, 0.15) is 6.54 Å². The summed E-state index contributed by atoms with van der Waals surface area (Å²) in [6.07, 6.45) is 2.25. The minimum atomic E-state index is -3.75. The van der Waals surface area contributed by atoms with Crippen LogP contribution in [-0.4, -0.2) is 39.2 Å². The molecule has 0 aliphatic carbocycles. The van der Waals surface area contributed by atoms with Crippen LogP contribution in [0, 0.1) is 19.3 Å². The Balaban J connectivity index is 1.78. The number of aromatic nitrogens is 1. The maximum Gasteiger partial charge on any atom is 0.325 e. The van der Waals surface area contributed by atoms with Crippen LogP contribution in [0.15, 0.2) is 53.4 Å². The van der Waals surface area contributed by atoms with Gasteiger partial charge in [0.15, 0.2) is 0 Å². The van der Waals surface area contributed by atoms with E-state index in [0.29, 0.717) is 31.9 Å². The zero-order valence-electron chi connectivity index (χ0n) is 23.9. The lowest BCUT2D eigenvalue weighted by Gasteiger charge is -2.28. The normalized spacial score (nSPS) is 15.2. The molecule has 8 heteroatoms. The minimum Gasteiger partial charge on any atom is -0.465 e. The first-order valence-electron chi connectivity index (χ1n) is 13.5. The molecule has 1 aromatic heterocycles. The molecule has 39 heavy (non-hydrogen) atoms. The third-order valence-corrected chi connectivity index (χ3v) is 9.45. The summed E-state index contributed by atoms with van der Waals surface area (Å²) in [5, 5.41) is 0. The Morgan fingerprint density at radius 3 is 2.49 bits per heavy atom. The van der Waals surface area contributed by atoms with Gasteiger partial charge in [-0.3, -0.25) is 9.10 Å². The second-order valence-electron chi connectivity index (χ2n) is 11.1. The van der Waals surface area contributed by atoms with Gasteiger partial charge < -0.3 is 14.0 Å². The van der Waals surface area contributed by atoms with Gasteiger partial charge in [0.05, 0.1) is 23.8 Å². The number of esters is 1. The number of carbonyl (C=O) groups excluding carboxylic acids is 1. The second-order valence-corrected chi connectivity index (χ2v) is 13.1. The lowest BCUT2D eigenvalue weighted by Crippen LogP contribution is -2.27. The predicted molar refractivity (Wildman–Crippen MR) is 154 cm³/mol. The molecular formula is C31H40N2O5S. The van der Waals surface area contributed by atoms with Gasteiger partial charge in [-0.1, -0.05) is 49.7 Å². The maximum atomic E-state index is 13.5. The van der Waals surface area contributed by atoms with Gasteiger partial charge in [-0.2, -0.15) is 0 Å². The van der Waals surface area contributed by atoms with Crippen molar-refractivity contribution in [1.82, 2.24) is 4.57 Å². The average Bonchev–Trinajstić information content (AvgIpc) is 3.10. The van der Waals surface area contributed by atoms with E-state index in [0.717, 1.165) is 46.5 Å². The van der Waals surface area contributed by atoms with Crippen molar-refractivity contribution in [3.63, 3.8) is 0 Å². The summed E-state index contributed by atoms with van der Waals surface area (Å²) in [4.78, 5) is 12.8. The smallest absolute Gasteiger partial charge is 0.325 e. The zero-order valence-corrected chi connectivity index (χ0v) is 24.7. The van der Waals surface area contributed by atoms with Crippen LogP contribution < -0.4 is 4.31 Å². The predicted octanol–water partition coefficient (Wildman–Crippen LogP) is 5.57. The Labute approximate surface area is 232 Å². The summed E-state index contributed by atoms with van der Waals surface area (Å²) in [5.41, 5.74) is 6.74. The van der Waals surface area contributed by atoms with Crippen molar-refractivity contribution in [2.75, 3.05) is 24.6 Å². The molecule has 7 nitrogen and oxygen atoms in total. The van der Waals surface area contributed by atoms with Gasteiger partial charge in [0.25, 0.3) is 10.0 Å². The van der Waals surface area contributed by atoms with Crippen LogP contribution in [0.4, 0.5) is 5.69 Å². The monoisotopic (exact) mass is 552 g/mol. The number of benzene rings is 2. The molecule has 0 unspecified atom stereocenters. The Kier molecular flexibility index (Phi) is 8.57. The summed E-state index contributed by atoms with van der Waals surface area (Å²) in [6, 6.07) is 14.5. The fourth-order valence-corrected chi connectivity index (χ4v) is 6.53. The molecule has 0 radical (unpaired) electrons. The lowest BCUT2D eigenvalue weighted by molar-refractivity contribution is -0.143. The zero-order chi connectivity index (χ0) is 28.4. The van der Waals surface area contributed by atoms with Crippen molar-refractivity contribution in [2.24, 2.45) is 5.41 Å². The number of carbonyl (C=O) groups is 1. The molecule has 0 amide bonds. The van der Waals surface area contributed by atoms with Crippen molar-refractivity contribution in [3.05, 3.63) is 82.2 Å². The van der Waals surface area contributed by atoms with E-state index < -0.39 is 10.0 Å². The third-order valence-electron chi connectivity index (χ3n) is 7.67. The highest BCUT2D eigenvalue weighted by molar-refractivity contribution is 7.92. The topological polar surface area (TPSA) is 77.8 Å².